The zero-order chi connectivity index (χ0) is 21.0. The average Bonchev–Trinajstić information content (AvgIpc) is 3.20. The van der Waals surface area contributed by atoms with E-state index in [0.29, 0.717) is 39.2 Å². The maximum absolute atomic E-state index is 12.6. The number of nitrogens with zero attached hydrogens (tertiary/aromatic N) is 2. The summed E-state index contributed by atoms with van der Waals surface area (Å²) in [6.45, 7) is 0. The van der Waals surface area contributed by atoms with Crippen LogP contribution in [-0.4, -0.2) is 37.1 Å². The van der Waals surface area contributed by atoms with E-state index in [2.05, 4.69) is 10.3 Å². The summed E-state index contributed by atoms with van der Waals surface area (Å²) in [7, 11) is 4.42. The number of thiazole rings is 1. The number of aromatic nitrogens is 1. The van der Waals surface area contributed by atoms with Crippen LogP contribution < -0.4 is 19.5 Å². The van der Waals surface area contributed by atoms with Gasteiger partial charge in [-0.1, -0.05) is 0 Å². The Balaban J connectivity index is 1.81. The predicted molar refractivity (Wildman–Crippen MR) is 108 cm³/mol. The van der Waals surface area contributed by atoms with E-state index < -0.39 is 10.8 Å². The van der Waals surface area contributed by atoms with Gasteiger partial charge in [-0.3, -0.25) is 20.2 Å². The van der Waals surface area contributed by atoms with Gasteiger partial charge in [0.1, 0.15) is 0 Å². The van der Waals surface area contributed by atoms with Crippen molar-refractivity contribution in [3.63, 3.8) is 0 Å². The second kappa shape index (κ2) is 8.57. The summed E-state index contributed by atoms with van der Waals surface area (Å²) < 4.78 is 15.8. The fraction of sp³-hybridized carbons (Fsp3) is 0.158. The van der Waals surface area contributed by atoms with Gasteiger partial charge in [0.15, 0.2) is 16.6 Å². The number of anilines is 1. The Kier molecular flexibility index (Phi) is 5.93. The van der Waals surface area contributed by atoms with Crippen molar-refractivity contribution in [3.05, 3.63) is 57.5 Å². The molecule has 1 N–H and O–H groups in total. The van der Waals surface area contributed by atoms with Crippen LogP contribution in [0.4, 0.5) is 10.8 Å². The summed E-state index contributed by atoms with van der Waals surface area (Å²) in [5.74, 6) is 0.723. The highest BCUT2D eigenvalue weighted by atomic mass is 32.1. The van der Waals surface area contributed by atoms with Crippen LogP contribution in [0.5, 0.6) is 17.2 Å². The van der Waals surface area contributed by atoms with Crippen molar-refractivity contribution in [2.45, 2.75) is 0 Å². The first-order chi connectivity index (χ1) is 14.0. The van der Waals surface area contributed by atoms with Crippen LogP contribution in [0.1, 0.15) is 10.4 Å². The zero-order valence-corrected chi connectivity index (χ0v) is 16.6. The van der Waals surface area contributed by atoms with Crippen LogP contribution in [0.2, 0.25) is 0 Å². The predicted octanol–water partition coefficient (Wildman–Crippen LogP) is 4.00. The summed E-state index contributed by atoms with van der Waals surface area (Å²) in [6, 6.07) is 9.12. The second-order valence-electron chi connectivity index (χ2n) is 5.71. The lowest BCUT2D eigenvalue weighted by atomic mass is 10.1. The van der Waals surface area contributed by atoms with E-state index in [1.54, 1.807) is 29.6 Å². The van der Waals surface area contributed by atoms with Gasteiger partial charge in [0.2, 0.25) is 5.75 Å². The number of carbonyl (C=O) groups is 1. The molecule has 9 nitrogen and oxygen atoms in total. The molecule has 0 radical (unpaired) electrons. The van der Waals surface area contributed by atoms with E-state index in [4.69, 9.17) is 14.2 Å². The van der Waals surface area contributed by atoms with Crippen LogP contribution in [-0.2, 0) is 0 Å². The van der Waals surface area contributed by atoms with Crippen molar-refractivity contribution >= 4 is 28.1 Å². The van der Waals surface area contributed by atoms with Gasteiger partial charge >= 0.3 is 0 Å². The number of methoxy groups -OCH3 is 3. The van der Waals surface area contributed by atoms with Crippen molar-refractivity contribution in [2.24, 2.45) is 0 Å². The van der Waals surface area contributed by atoms with Gasteiger partial charge in [-0.05, 0) is 24.3 Å². The van der Waals surface area contributed by atoms with Gasteiger partial charge in [0.05, 0.1) is 31.9 Å². The van der Waals surface area contributed by atoms with Gasteiger partial charge in [0, 0.05) is 28.6 Å². The van der Waals surface area contributed by atoms with Crippen molar-refractivity contribution in [2.75, 3.05) is 26.6 Å². The summed E-state index contributed by atoms with van der Waals surface area (Å²) in [4.78, 5) is 27.3. The van der Waals surface area contributed by atoms with Crippen LogP contribution in [0, 0.1) is 10.1 Å². The fourth-order valence-electron chi connectivity index (χ4n) is 2.60. The van der Waals surface area contributed by atoms with Crippen LogP contribution in [0.25, 0.3) is 11.3 Å². The number of hydrogen-bond acceptors (Lipinski definition) is 8. The monoisotopic (exact) mass is 415 g/mol. The molecule has 0 aliphatic heterocycles. The molecule has 1 heterocycles. The normalized spacial score (nSPS) is 10.3. The number of carbonyl (C=O) groups excluding carboxylic acids is 1. The minimum atomic E-state index is -0.464. The summed E-state index contributed by atoms with van der Waals surface area (Å²) in [5, 5.41) is 15.6. The number of rotatable bonds is 7. The maximum Gasteiger partial charge on any atom is 0.269 e. The topological polar surface area (TPSA) is 113 Å². The molecule has 0 bridgehead atoms. The number of non-ortho nitro benzene ring substituents is 1. The number of hydrogen-bond donors (Lipinski definition) is 1. The fourth-order valence-corrected chi connectivity index (χ4v) is 3.31. The van der Waals surface area contributed by atoms with E-state index in [-0.39, 0.29) is 5.69 Å². The Morgan fingerprint density at radius 1 is 1.07 bits per heavy atom. The van der Waals surface area contributed by atoms with Gasteiger partial charge in [-0.2, -0.15) is 0 Å². The third-order valence-electron chi connectivity index (χ3n) is 4.03. The minimum absolute atomic E-state index is 0.0000869. The lowest BCUT2D eigenvalue weighted by molar-refractivity contribution is -0.384. The third-order valence-corrected chi connectivity index (χ3v) is 4.78. The molecule has 0 saturated heterocycles. The lowest BCUT2D eigenvalue weighted by Gasteiger charge is -2.13. The molecule has 10 heteroatoms. The highest BCUT2D eigenvalue weighted by Gasteiger charge is 2.18. The average molecular weight is 415 g/mol. The lowest BCUT2D eigenvalue weighted by Crippen LogP contribution is -2.12. The molecule has 3 rings (SSSR count). The quantitative estimate of drug-likeness (QED) is 0.458. The Hall–Kier alpha value is -3.66. The molecular weight excluding hydrogens is 398 g/mol. The third kappa shape index (κ3) is 4.27. The zero-order valence-electron chi connectivity index (χ0n) is 15.8. The van der Waals surface area contributed by atoms with E-state index >= 15 is 0 Å². The van der Waals surface area contributed by atoms with Crippen molar-refractivity contribution in [1.82, 2.24) is 4.98 Å². The first kappa shape index (κ1) is 20.1. The minimum Gasteiger partial charge on any atom is -0.493 e. The number of nitro groups is 1. The standard InChI is InChI=1S/C19H17N3O6S/c1-26-15-8-12(9-16(27-2)17(15)28-3)18(23)21-19-20-14(10-29-19)11-4-6-13(7-5-11)22(24)25/h4-10H,1-3H3,(H,20,21,23). The molecule has 1 aromatic heterocycles. The molecule has 0 spiro atoms. The van der Waals surface area contributed by atoms with Gasteiger partial charge < -0.3 is 14.2 Å². The molecule has 0 saturated carbocycles. The molecule has 3 aromatic rings. The van der Waals surface area contributed by atoms with Crippen molar-refractivity contribution in [1.29, 1.82) is 0 Å². The molecule has 0 unspecified atom stereocenters. The first-order valence-corrected chi connectivity index (χ1v) is 9.16. The van der Waals surface area contributed by atoms with Gasteiger partial charge in [-0.15, -0.1) is 11.3 Å². The van der Waals surface area contributed by atoms with Crippen LogP contribution in [0.3, 0.4) is 0 Å². The SMILES string of the molecule is COc1cc(C(=O)Nc2nc(-c3ccc([N+](=O)[O-])cc3)cs2)cc(OC)c1OC. The molecule has 0 fully saturated rings. The largest absolute Gasteiger partial charge is 0.493 e. The molecule has 150 valence electrons. The number of ether oxygens (including phenoxy) is 3. The number of nitrogens with one attached hydrogen (secondary N) is 1. The second-order valence-corrected chi connectivity index (χ2v) is 6.57. The molecule has 29 heavy (non-hydrogen) atoms. The molecule has 0 aliphatic carbocycles. The van der Waals surface area contributed by atoms with E-state index in [9.17, 15) is 14.9 Å². The number of nitro benzene ring substituents is 1. The summed E-state index contributed by atoms with van der Waals surface area (Å²) in [5.41, 5.74) is 1.62. The van der Waals surface area contributed by atoms with E-state index in [1.165, 1.54) is 44.8 Å². The van der Waals surface area contributed by atoms with Crippen molar-refractivity contribution in [3.8, 4) is 28.5 Å². The Bertz CT molecular complexity index is 1020. The van der Waals surface area contributed by atoms with E-state index in [1.807, 2.05) is 0 Å². The van der Waals surface area contributed by atoms with Crippen LogP contribution >= 0.6 is 11.3 Å². The van der Waals surface area contributed by atoms with Gasteiger partial charge in [0.25, 0.3) is 11.6 Å². The van der Waals surface area contributed by atoms with Crippen LogP contribution in [0.15, 0.2) is 41.8 Å². The molecule has 0 aliphatic rings. The summed E-state index contributed by atoms with van der Waals surface area (Å²) >= 11 is 1.24. The van der Waals surface area contributed by atoms with E-state index in [0.717, 1.165) is 0 Å². The van der Waals surface area contributed by atoms with Gasteiger partial charge in [-0.25, -0.2) is 4.98 Å². The smallest absolute Gasteiger partial charge is 0.269 e. The maximum atomic E-state index is 12.6. The highest BCUT2D eigenvalue weighted by molar-refractivity contribution is 7.14. The number of amides is 1. The Morgan fingerprint density at radius 3 is 2.21 bits per heavy atom. The number of benzene rings is 2. The first-order valence-electron chi connectivity index (χ1n) is 8.28. The molecule has 0 atom stereocenters. The molecule has 1 amide bonds. The molecular formula is C19H17N3O6S. The Morgan fingerprint density at radius 2 is 1.69 bits per heavy atom. The highest BCUT2D eigenvalue weighted by Crippen LogP contribution is 2.38. The van der Waals surface area contributed by atoms with Crippen molar-refractivity contribution < 1.29 is 23.9 Å². The summed E-state index contributed by atoms with van der Waals surface area (Å²) in [6.07, 6.45) is 0. The Labute approximate surface area is 170 Å². The molecule has 2 aromatic carbocycles.